The molecular formula is C33H38F2N8O3. The Morgan fingerprint density at radius 1 is 1.09 bits per heavy atom. The number of rotatable bonds is 7. The summed E-state index contributed by atoms with van der Waals surface area (Å²) in [5.41, 5.74) is 2.85. The number of nitriles is 1. The number of piperazine rings is 1. The van der Waals surface area contributed by atoms with Gasteiger partial charge in [0.05, 0.1) is 54.4 Å². The maximum atomic E-state index is 13.6. The van der Waals surface area contributed by atoms with Crippen LogP contribution in [0.25, 0.3) is 16.6 Å². The third-order valence-electron chi connectivity index (χ3n) is 10.3. The van der Waals surface area contributed by atoms with Crippen LogP contribution in [0.1, 0.15) is 44.1 Å². The molecule has 13 heteroatoms. The maximum Gasteiger partial charge on any atom is 0.320 e. The molecule has 0 spiro atoms. The van der Waals surface area contributed by atoms with E-state index in [0.29, 0.717) is 48.7 Å². The smallest absolute Gasteiger partial charge is 0.320 e. The molecule has 2 amide bonds. The third-order valence-corrected chi connectivity index (χ3v) is 10.3. The number of urea groups is 1. The number of morpholine rings is 1. The van der Waals surface area contributed by atoms with Gasteiger partial charge in [0.25, 0.3) is 5.92 Å². The van der Waals surface area contributed by atoms with Gasteiger partial charge in [-0.25, -0.2) is 23.1 Å². The van der Waals surface area contributed by atoms with Crippen LogP contribution in [0.2, 0.25) is 0 Å². The standard InChI is InChI=1S/C33H38F2N8O3/c34-33(35)6-9-40(10-7-33)32(44)43-24-12-25(43)18-41(17-24)30-5-2-22(15-37-30)29-13-28(21-42-31(29)23(14-36)16-38-42)45-11-1-8-39-19-26-3-4-27(20-39)46-26/h2,5,13,15-16,21,24-27H,1,3-4,6-12,17-20H2. The van der Waals surface area contributed by atoms with Crippen LogP contribution in [0, 0.1) is 11.3 Å². The number of alkyl halides is 2. The van der Waals surface area contributed by atoms with Gasteiger partial charge in [0.1, 0.15) is 17.6 Å². The average Bonchev–Trinajstić information content (AvgIpc) is 3.64. The quantitative estimate of drug-likeness (QED) is 0.360. The molecule has 4 unspecified atom stereocenters. The van der Waals surface area contributed by atoms with Crippen molar-refractivity contribution in [1.29, 1.82) is 5.26 Å². The van der Waals surface area contributed by atoms with E-state index >= 15 is 0 Å². The number of anilines is 1. The van der Waals surface area contributed by atoms with E-state index in [1.165, 1.54) is 0 Å². The monoisotopic (exact) mass is 632 g/mol. The molecule has 0 saturated carbocycles. The molecule has 242 valence electrons. The van der Waals surface area contributed by atoms with E-state index < -0.39 is 5.92 Å². The fourth-order valence-corrected chi connectivity index (χ4v) is 7.87. The van der Waals surface area contributed by atoms with Crippen molar-refractivity contribution in [3.05, 3.63) is 42.4 Å². The fourth-order valence-electron chi connectivity index (χ4n) is 7.87. The second-order valence-electron chi connectivity index (χ2n) is 13.4. The Morgan fingerprint density at radius 3 is 2.54 bits per heavy atom. The Morgan fingerprint density at radius 2 is 1.85 bits per heavy atom. The van der Waals surface area contributed by atoms with Crippen LogP contribution in [0.3, 0.4) is 0 Å². The van der Waals surface area contributed by atoms with Crippen molar-refractivity contribution in [2.75, 3.05) is 57.3 Å². The number of carbonyl (C=O) groups is 1. The summed E-state index contributed by atoms with van der Waals surface area (Å²) in [5, 5.41) is 14.2. The predicted molar refractivity (Wildman–Crippen MR) is 165 cm³/mol. The SMILES string of the molecule is N#Cc1cnn2cc(OCCCN3CC4CCC(C3)O4)cc(-c3ccc(N4CC5CC(C4)N5C(=O)N4CCC(F)(F)CC4)nc3)c12. The zero-order chi connectivity index (χ0) is 31.4. The molecule has 6 saturated heterocycles. The minimum Gasteiger partial charge on any atom is -0.492 e. The van der Waals surface area contributed by atoms with Gasteiger partial charge in [0.15, 0.2) is 0 Å². The molecule has 0 N–H and O–H groups in total. The van der Waals surface area contributed by atoms with Crippen LogP contribution in [0.15, 0.2) is 36.8 Å². The van der Waals surface area contributed by atoms with E-state index in [4.69, 9.17) is 14.5 Å². The Kier molecular flexibility index (Phi) is 7.44. The first kappa shape index (κ1) is 29.4. The Balaban J connectivity index is 0.926. The zero-order valence-electron chi connectivity index (χ0n) is 25.7. The molecule has 0 aromatic carbocycles. The van der Waals surface area contributed by atoms with Gasteiger partial charge < -0.3 is 24.2 Å². The lowest BCUT2D eigenvalue weighted by atomic mass is 9.87. The van der Waals surface area contributed by atoms with Gasteiger partial charge in [-0.05, 0) is 43.9 Å². The number of pyridine rings is 2. The van der Waals surface area contributed by atoms with Crippen molar-refractivity contribution in [1.82, 2.24) is 29.3 Å². The van der Waals surface area contributed by atoms with Crippen molar-refractivity contribution in [3.63, 3.8) is 0 Å². The van der Waals surface area contributed by atoms with Gasteiger partial charge in [-0.15, -0.1) is 0 Å². The molecule has 3 aromatic rings. The van der Waals surface area contributed by atoms with Crippen molar-refractivity contribution in [3.8, 4) is 22.9 Å². The molecule has 6 fully saturated rings. The highest BCUT2D eigenvalue weighted by Crippen LogP contribution is 2.38. The molecule has 0 aliphatic carbocycles. The van der Waals surface area contributed by atoms with Crippen LogP contribution in [0.4, 0.5) is 19.4 Å². The molecule has 0 radical (unpaired) electrons. The van der Waals surface area contributed by atoms with Gasteiger partial charge in [-0.1, -0.05) is 0 Å². The summed E-state index contributed by atoms with van der Waals surface area (Å²) >= 11 is 0. The Labute approximate surface area is 266 Å². The second kappa shape index (κ2) is 11.7. The molecule has 3 aromatic heterocycles. The van der Waals surface area contributed by atoms with Crippen LogP contribution in [-0.4, -0.2) is 118 Å². The van der Waals surface area contributed by atoms with Crippen LogP contribution < -0.4 is 9.64 Å². The predicted octanol–water partition coefficient (Wildman–Crippen LogP) is 4.01. The lowest BCUT2D eigenvalue weighted by molar-refractivity contribution is -0.0563. The first-order valence-electron chi connectivity index (χ1n) is 16.4. The maximum absolute atomic E-state index is 13.6. The minimum absolute atomic E-state index is 0.0481. The highest BCUT2D eigenvalue weighted by Gasteiger charge is 2.49. The number of fused-ring (bicyclic) bond motifs is 5. The van der Waals surface area contributed by atoms with E-state index in [1.807, 2.05) is 35.5 Å². The summed E-state index contributed by atoms with van der Waals surface area (Å²) in [5.74, 6) is -1.18. The molecule has 6 aliphatic heterocycles. The Bertz CT molecular complexity index is 1620. The van der Waals surface area contributed by atoms with E-state index in [1.54, 1.807) is 15.6 Å². The van der Waals surface area contributed by atoms with Gasteiger partial charge in [-0.3, -0.25) is 4.90 Å². The van der Waals surface area contributed by atoms with Crippen molar-refractivity contribution in [2.24, 2.45) is 0 Å². The highest BCUT2D eigenvalue weighted by molar-refractivity contribution is 5.85. The number of nitrogens with zero attached hydrogens (tertiary/aromatic N) is 8. The third kappa shape index (κ3) is 5.51. The number of aromatic nitrogens is 3. The lowest BCUT2D eigenvalue weighted by Gasteiger charge is -2.57. The number of amides is 2. The highest BCUT2D eigenvalue weighted by atomic mass is 19.3. The number of ether oxygens (including phenoxy) is 2. The normalized spacial score (nSPS) is 27.0. The number of halogens is 2. The zero-order valence-corrected chi connectivity index (χ0v) is 25.7. The molecule has 11 nitrogen and oxygen atoms in total. The molecule has 46 heavy (non-hydrogen) atoms. The van der Waals surface area contributed by atoms with Crippen molar-refractivity contribution < 1.29 is 23.0 Å². The summed E-state index contributed by atoms with van der Waals surface area (Å²) in [6.45, 7) is 5.05. The number of carbonyl (C=O) groups excluding carboxylic acids is 1. The minimum atomic E-state index is -2.67. The fraction of sp³-hybridized carbons (Fsp3) is 0.576. The molecule has 4 bridgehead atoms. The summed E-state index contributed by atoms with van der Waals surface area (Å²) in [6, 6.07) is 8.16. The lowest BCUT2D eigenvalue weighted by Crippen LogP contribution is -2.72. The van der Waals surface area contributed by atoms with Gasteiger partial charge in [-0.2, -0.15) is 10.4 Å². The van der Waals surface area contributed by atoms with E-state index in [0.717, 1.165) is 62.3 Å². The molecule has 9 rings (SSSR count). The van der Waals surface area contributed by atoms with Gasteiger partial charge in [0, 0.05) is 76.0 Å². The molecular weight excluding hydrogens is 594 g/mol. The van der Waals surface area contributed by atoms with E-state index in [-0.39, 0.29) is 44.0 Å². The van der Waals surface area contributed by atoms with Crippen LogP contribution in [-0.2, 0) is 4.74 Å². The largest absolute Gasteiger partial charge is 0.492 e. The number of hydrogen-bond donors (Lipinski definition) is 0. The first-order chi connectivity index (χ1) is 22.3. The average molecular weight is 633 g/mol. The number of likely N-dealkylation sites (tertiary alicyclic amines) is 2. The Hall–Kier alpha value is -4.02. The second-order valence-corrected chi connectivity index (χ2v) is 13.4. The van der Waals surface area contributed by atoms with Crippen molar-refractivity contribution >= 4 is 17.4 Å². The first-order valence-corrected chi connectivity index (χ1v) is 16.4. The summed E-state index contributed by atoms with van der Waals surface area (Å²) in [7, 11) is 0. The summed E-state index contributed by atoms with van der Waals surface area (Å²) in [6.07, 6.45) is 9.57. The topological polar surface area (TPSA) is 102 Å². The number of piperidine rings is 2. The summed E-state index contributed by atoms with van der Waals surface area (Å²) < 4.78 is 41.1. The van der Waals surface area contributed by atoms with E-state index in [2.05, 4.69) is 21.0 Å². The van der Waals surface area contributed by atoms with Crippen LogP contribution >= 0.6 is 0 Å². The van der Waals surface area contributed by atoms with Gasteiger partial charge in [0.2, 0.25) is 0 Å². The van der Waals surface area contributed by atoms with E-state index in [9.17, 15) is 18.8 Å². The number of hydrogen-bond acceptors (Lipinski definition) is 8. The molecule has 4 atom stereocenters. The van der Waals surface area contributed by atoms with Crippen LogP contribution in [0.5, 0.6) is 5.75 Å². The van der Waals surface area contributed by atoms with Gasteiger partial charge >= 0.3 is 6.03 Å². The molecule has 6 aliphatic rings. The van der Waals surface area contributed by atoms with Crippen molar-refractivity contribution in [2.45, 2.75) is 68.7 Å². The molecule has 9 heterocycles. The summed E-state index contributed by atoms with van der Waals surface area (Å²) in [4.78, 5) is 26.0.